The molecule has 0 fully saturated rings. The van der Waals surface area contributed by atoms with E-state index < -0.39 is 5.97 Å². The third-order valence-corrected chi connectivity index (χ3v) is 3.09. The van der Waals surface area contributed by atoms with E-state index in [1.165, 1.54) is 11.3 Å². The minimum Gasteiger partial charge on any atom is -0.481 e. The zero-order valence-corrected chi connectivity index (χ0v) is 9.67. The highest BCUT2D eigenvalue weighted by Crippen LogP contribution is 2.27. The monoisotopic (exact) mass is 238 g/mol. The van der Waals surface area contributed by atoms with Crippen molar-refractivity contribution in [1.82, 2.24) is 10.1 Å². The van der Waals surface area contributed by atoms with E-state index in [-0.39, 0.29) is 6.42 Å². The van der Waals surface area contributed by atoms with E-state index in [1.807, 2.05) is 6.92 Å². The lowest BCUT2D eigenvalue weighted by atomic mass is 10.3. The summed E-state index contributed by atoms with van der Waals surface area (Å²) in [6.45, 7) is 3.65. The van der Waals surface area contributed by atoms with Crippen LogP contribution in [0, 0.1) is 13.8 Å². The molecule has 0 aliphatic rings. The number of nitrogens with zero attached hydrogens (tertiary/aromatic N) is 2. The Balaban J connectivity index is 2.33. The third kappa shape index (κ3) is 2.11. The molecule has 1 N–H and O–H groups in total. The second-order valence-electron chi connectivity index (χ2n) is 3.42. The maximum Gasteiger partial charge on any atom is 0.309 e. The number of carbonyl (C=O) groups is 1. The number of thiazole rings is 1. The van der Waals surface area contributed by atoms with Crippen LogP contribution in [0.15, 0.2) is 10.6 Å². The van der Waals surface area contributed by atoms with Gasteiger partial charge >= 0.3 is 5.97 Å². The summed E-state index contributed by atoms with van der Waals surface area (Å²) < 4.78 is 4.95. The third-order valence-electron chi connectivity index (χ3n) is 2.06. The van der Waals surface area contributed by atoms with Gasteiger partial charge in [0.1, 0.15) is 16.5 Å². The topological polar surface area (TPSA) is 76.2 Å². The van der Waals surface area contributed by atoms with E-state index >= 15 is 0 Å². The van der Waals surface area contributed by atoms with Crippen molar-refractivity contribution in [3.63, 3.8) is 0 Å². The smallest absolute Gasteiger partial charge is 0.309 e. The van der Waals surface area contributed by atoms with Crippen LogP contribution in [0.3, 0.4) is 0 Å². The van der Waals surface area contributed by atoms with Crippen LogP contribution in [-0.4, -0.2) is 21.2 Å². The van der Waals surface area contributed by atoms with Gasteiger partial charge in [-0.25, -0.2) is 4.98 Å². The Morgan fingerprint density at radius 3 is 2.88 bits per heavy atom. The summed E-state index contributed by atoms with van der Waals surface area (Å²) in [6.07, 6.45) is -0.0564. The Bertz CT molecular complexity index is 530. The van der Waals surface area contributed by atoms with Gasteiger partial charge in [0.15, 0.2) is 0 Å². The van der Waals surface area contributed by atoms with Gasteiger partial charge in [0, 0.05) is 10.9 Å². The predicted molar refractivity (Wildman–Crippen MR) is 58.4 cm³/mol. The van der Waals surface area contributed by atoms with Crippen molar-refractivity contribution in [2.24, 2.45) is 0 Å². The standard InChI is InChI=1S/C10H10N2O3S/c1-5-3-8(12-15-5)10-11-7(4-9(13)14)6(2)16-10/h3H,4H2,1-2H3,(H,13,14). The molecule has 2 aromatic rings. The largest absolute Gasteiger partial charge is 0.481 e. The van der Waals surface area contributed by atoms with Crippen LogP contribution in [0.25, 0.3) is 10.7 Å². The fraction of sp³-hybridized carbons (Fsp3) is 0.300. The number of hydrogen-bond acceptors (Lipinski definition) is 5. The first-order valence-corrected chi connectivity index (χ1v) is 5.49. The van der Waals surface area contributed by atoms with Gasteiger partial charge < -0.3 is 9.63 Å². The Morgan fingerprint density at radius 2 is 2.31 bits per heavy atom. The van der Waals surface area contributed by atoms with Gasteiger partial charge in [0.05, 0.1) is 12.1 Å². The number of hydrogen-bond donors (Lipinski definition) is 1. The molecule has 6 heteroatoms. The van der Waals surface area contributed by atoms with Crippen LogP contribution in [0.2, 0.25) is 0 Å². The molecule has 0 aromatic carbocycles. The molecule has 0 aliphatic carbocycles. The molecule has 0 atom stereocenters. The number of carboxylic acid groups (broad SMARTS) is 1. The van der Waals surface area contributed by atoms with Crippen LogP contribution >= 0.6 is 11.3 Å². The molecule has 16 heavy (non-hydrogen) atoms. The first kappa shape index (κ1) is 10.8. The van der Waals surface area contributed by atoms with E-state index in [9.17, 15) is 4.79 Å². The van der Waals surface area contributed by atoms with E-state index in [0.717, 1.165) is 4.88 Å². The van der Waals surface area contributed by atoms with Gasteiger partial charge in [-0.05, 0) is 13.8 Å². The molecule has 0 amide bonds. The van der Waals surface area contributed by atoms with Crippen molar-refractivity contribution >= 4 is 17.3 Å². The molecule has 2 aromatic heterocycles. The zero-order valence-electron chi connectivity index (χ0n) is 8.85. The SMILES string of the molecule is Cc1cc(-c2nc(CC(=O)O)c(C)s2)no1. The van der Waals surface area contributed by atoms with Crippen LogP contribution < -0.4 is 0 Å². The number of aliphatic carboxylic acids is 1. The van der Waals surface area contributed by atoms with Gasteiger partial charge in [0.25, 0.3) is 0 Å². The zero-order chi connectivity index (χ0) is 11.7. The molecule has 84 valence electrons. The number of carboxylic acids is 1. The number of aromatic nitrogens is 2. The van der Waals surface area contributed by atoms with Crippen molar-refractivity contribution in [2.75, 3.05) is 0 Å². The summed E-state index contributed by atoms with van der Waals surface area (Å²) in [7, 11) is 0. The molecular weight excluding hydrogens is 228 g/mol. The molecule has 0 saturated heterocycles. The Kier molecular flexibility index (Phi) is 2.74. The van der Waals surface area contributed by atoms with Crippen LogP contribution in [-0.2, 0) is 11.2 Å². The second kappa shape index (κ2) is 4.05. The van der Waals surface area contributed by atoms with Gasteiger partial charge in [0.2, 0.25) is 0 Å². The highest BCUT2D eigenvalue weighted by molar-refractivity contribution is 7.15. The van der Waals surface area contributed by atoms with Gasteiger partial charge in [-0.1, -0.05) is 5.16 Å². The second-order valence-corrected chi connectivity index (χ2v) is 4.62. The van der Waals surface area contributed by atoms with E-state index in [0.29, 0.717) is 22.2 Å². The first-order valence-electron chi connectivity index (χ1n) is 4.68. The fourth-order valence-electron chi connectivity index (χ4n) is 1.31. The van der Waals surface area contributed by atoms with Crippen molar-refractivity contribution < 1.29 is 14.4 Å². The molecule has 0 radical (unpaired) electrons. The molecule has 0 bridgehead atoms. The lowest BCUT2D eigenvalue weighted by Crippen LogP contribution is -2.01. The van der Waals surface area contributed by atoms with Crippen LogP contribution in [0.5, 0.6) is 0 Å². The molecule has 0 unspecified atom stereocenters. The molecule has 2 rings (SSSR count). The van der Waals surface area contributed by atoms with Crippen LogP contribution in [0.1, 0.15) is 16.3 Å². The van der Waals surface area contributed by atoms with E-state index in [2.05, 4.69) is 10.1 Å². The maximum absolute atomic E-state index is 10.6. The minimum absolute atomic E-state index is 0.0564. The fourth-order valence-corrected chi connectivity index (χ4v) is 2.19. The van der Waals surface area contributed by atoms with E-state index in [1.54, 1.807) is 13.0 Å². The minimum atomic E-state index is -0.878. The summed E-state index contributed by atoms with van der Waals surface area (Å²) in [4.78, 5) is 15.8. The lowest BCUT2D eigenvalue weighted by Gasteiger charge is -1.90. The highest BCUT2D eigenvalue weighted by atomic mass is 32.1. The number of rotatable bonds is 3. The van der Waals surface area contributed by atoms with Crippen molar-refractivity contribution in [3.8, 4) is 10.7 Å². The molecule has 2 heterocycles. The molecular formula is C10H10N2O3S. The summed E-state index contributed by atoms with van der Waals surface area (Å²) in [5.74, 6) is -0.168. The molecule has 0 aliphatic heterocycles. The molecule has 5 nitrogen and oxygen atoms in total. The van der Waals surface area contributed by atoms with E-state index in [4.69, 9.17) is 9.63 Å². The Hall–Kier alpha value is -1.69. The molecule has 0 spiro atoms. The van der Waals surface area contributed by atoms with Gasteiger partial charge in [-0.15, -0.1) is 11.3 Å². The van der Waals surface area contributed by atoms with Crippen LogP contribution in [0.4, 0.5) is 0 Å². The van der Waals surface area contributed by atoms with Gasteiger partial charge in [-0.3, -0.25) is 4.79 Å². The average Bonchev–Trinajstić information content (AvgIpc) is 2.74. The summed E-state index contributed by atoms with van der Waals surface area (Å²) in [5.41, 5.74) is 1.25. The summed E-state index contributed by atoms with van der Waals surface area (Å²) >= 11 is 1.43. The maximum atomic E-state index is 10.6. The highest BCUT2D eigenvalue weighted by Gasteiger charge is 2.14. The predicted octanol–water partition coefficient (Wildman–Crippen LogP) is 2.04. The summed E-state index contributed by atoms with van der Waals surface area (Å²) in [5, 5.41) is 13.3. The summed E-state index contributed by atoms with van der Waals surface area (Å²) in [6, 6.07) is 1.78. The Morgan fingerprint density at radius 1 is 1.56 bits per heavy atom. The average molecular weight is 238 g/mol. The normalized spacial score (nSPS) is 10.6. The number of aryl methyl sites for hydroxylation is 2. The Labute approximate surface area is 95.7 Å². The lowest BCUT2D eigenvalue weighted by molar-refractivity contribution is -0.136. The molecule has 0 saturated carbocycles. The van der Waals surface area contributed by atoms with Gasteiger partial charge in [-0.2, -0.15) is 0 Å². The van der Waals surface area contributed by atoms with Crippen molar-refractivity contribution in [3.05, 3.63) is 22.4 Å². The quantitative estimate of drug-likeness (QED) is 0.885. The van der Waals surface area contributed by atoms with Crippen molar-refractivity contribution in [1.29, 1.82) is 0 Å². The first-order chi connectivity index (χ1) is 7.56. The van der Waals surface area contributed by atoms with Crippen molar-refractivity contribution in [2.45, 2.75) is 20.3 Å².